The molecule has 1 N–H and O–H groups in total. The zero-order valence-electron chi connectivity index (χ0n) is 12.1. The van der Waals surface area contributed by atoms with Crippen molar-refractivity contribution in [1.82, 2.24) is 5.32 Å². The van der Waals surface area contributed by atoms with Crippen molar-refractivity contribution in [3.63, 3.8) is 0 Å². The highest BCUT2D eigenvalue weighted by molar-refractivity contribution is 9.10. The Kier molecular flexibility index (Phi) is 6.37. The summed E-state index contributed by atoms with van der Waals surface area (Å²) in [6.07, 6.45) is 3.57. The van der Waals surface area contributed by atoms with Gasteiger partial charge in [-0.1, -0.05) is 61.8 Å². The van der Waals surface area contributed by atoms with Crippen molar-refractivity contribution in [2.45, 2.75) is 53.0 Å². The SMILES string of the molecule is CCC(CC)(CNC(C)C)Cc1ccccc1Br. The van der Waals surface area contributed by atoms with Crippen molar-refractivity contribution in [1.29, 1.82) is 0 Å². The molecule has 2 heteroatoms. The van der Waals surface area contributed by atoms with Crippen LogP contribution < -0.4 is 5.32 Å². The third kappa shape index (κ3) is 4.40. The molecule has 0 aliphatic carbocycles. The first-order valence-corrected chi connectivity index (χ1v) is 7.79. The molecule has 0 bridgehead atoms. The molecule has 0 spiro atoms. The molecule has 0 aromatic heterocycles. The highest BCUT2D eigenvalue weighted by Gasteiger charge is 2.27. The van der Waals surface area contributed by atoms with Crippen molar-refractivity contribution < 1.29 is 0 Å². The zero-order chi connectivity index (χ0) is 13.6. The van der Waals surface area contributed by atoms with Crippen LogP contribution in [0, 0.1) is 5.41 Å². The van der Waals surface area contributed by atoms with Crippen LogP contribution in [0.5, 0.6) is 0 Å². The Morgan fingerprint density at radius 2 is 1.78 bits per heavy atom. The molecule has 1 nitrogen and oxygen atoms in total. The van der Waals surface area contributed by atoms with E-state index in [1.165, 1.54) is 22.9 Å². The normalized spacial score (nSPS) is 12.1. The van der Waals surface area contributed by atoms with Crippen LogP contribution in [-0.2, 0) is 6.42 Å². The second kappa shape index (κ2) is 7.30. The summed E-state index contributed by atoms with van der Waals surface area (Å²) in [6.45, 7) is 10.1. The first-order chi connectivity index (χ1) is 8.53. The largest absolute Gasteiger partial charge is 0.314 e. The van der Waals surface area contributed by atoms with E-state index < -0.39 is 0 Å². The van der Waals surface area contributed by atoms with Crippen LogP contribution in [0.2, 0.25) is 0 Å². The minimum atomic E-state index is 0.369. The number of hydrogen-bond acceptors (Lipinski definition) is 1. The molecule has 0 aliphatic heterocycles. The van der Waals surface area contributed by atoms with Gasteiger partial charge >= 0.3 is 0 Å². The molecule has 18 heavy (non-hydrogen) atoms. The Bertz CT molecular complexity index is 356. The van der Waals surface area contributed by atoms with Gasteiger partial charge in [-0.05, 0) is 36.3 Å². The molecule has 0 heterocycles. The van der Waals surface area contributed by atoms with E-state index in [0.717, 1.165) is 13.0 Å². The lowest BCUT2D eigenvalue weighted by atomic mass is 9.76. The molecule has 0 saturated heterocycles. The van der Waals surface area contributed by atoms with Crippen LogP contribution in [0.25, 0.3) is 0 Å². The molecule has 1 aromatic carbocycles. The number of nitrogens with one attached hydrogen (secondary N) is 1. The monoisotopic (exact) mass is 311 g/mol. The molecular formula is C16H26BrN. The molecular weight excluding hydrogens is 286 g/mol. The van der Waals surface area contributed by atoms with E-state index >= 15 is 0 Å². The summed E-state index contributed by atoms with van der Waals surface area (Å²) < 4.78 is 1.24. The molecule has 102 valence electrons. The van der Waals surface area contributed by atoms with Crippen LogP contribution in [0.15, 0.2) is 28.7 Å². The number of rotatable bonds is 7. The minimum Gasteiger partial charge on any atom is -0.314 e. The average molecular weight is 312 g/mol. The zero-order valence-corrected chi connectivity index (χ0v) is 13.7. The fraction of sp³-hybridized carbons (Fsp3) is 0.625. The maximum atomic E-state index is 3.67. The van der Waals surface area contributed by atoms with E-state index in [-0.39, 0.29) is 0 Å². The molecule has 0 amide bonds. The third-order valence-corrected chi connectivity index (χ3v) is 4.68. The summed E-state index contributed by atoms with van der Waals surface area (Å²) in [7, 11) is 0. The van der Waals surface area contributed by atoms with E-state index in [4.69, 9.17) is 0 Å². The Morgan fingerprint density at radius 1 is 1.17 bits per heavy atom. The lowest BCUT2D eigenvalue weighted by Gasteiger charge is -2.33. The summed E-state index contributed by atoms with van der Waals surface area (Å²) >= 11 is 3.67. The van der Waals surface area contributed by atoms with E-state index in [0.29, 0.717) is 11.5 Å². The van der Waals surface area contributed by atoms with Crippen molar-refractivity contribution in [2.24, 2.45) is 5.41 Å². The lowest BCUT2D eigenvalue weighted by Crippen LogP contribution is -2.38. The molecule has 0 aliphatic rings. The number of benzene rings is 1. The quantitative estimate of drug-likeness (QED) is 0.763. The topological polar surface area (TPSA) is 12.0 Å². The summed E-state index contributed by atoms with van der Waals surface area (Å²) in [6, 6.07) is 9.15. The average Bonchev–Trinajstić information content (AvgIpc) is 2.37. The van der Waals surface area contributed by atoms with Gasteiger partial charge in [-0.2, -0.15) is 0 Å². The maximum absolute atomic E-state index is 3.67. The van der Waals surface area contributed by atoms with E-state index in [2.05, 4.69) is 73.2 Å². The van der Waals surface area contributed by atoms with Gasteiger partial charge in [0.1, 0.15) is 0 Å². The molecule has 0 saturated carbocycles. The van der Waals surface area contributed by atoms with Crippen molar-refractivity contribution in [3.8, 4) is 0 Å². The maximum Gasteiger partial charge on any atom is 0.0207 e. The Morgan fingerprint density at radius 3 is 2.28 bits per heavy atom. The summed E-state index contributed by atoms with van der Waals surface area (Å²) in [5.41, 5.74) is 1.79. The predicted octanol–water partition coefficient (Wildman–Crippen LogP) is 4.80. The highest BCUT2D eigenvalue weighted by atomic mass is 79.9. The Hall–Kier alpha value is -0.340. The standard InChI is InChI=1S/C16H26BrN/c1-5-16(6-2,12-18-13(3)4)11-14-9-7-8-10-15(14)17/h7-10,13,18H,5-6,11-12H2,1-4H3. The van der Waals surface area contributed by atoms with Crippen molar-refractivity contribution >= 4 is 15.9 Å². The van der Waals surface area contributed by atoms with Crippen LogP contribution in [0.1, 0.15) is 46.1 Å². The smallest absolute Gasteiger partial charge is 0.0207 e. The van der Waals surface area contributed by atoms with Crippen LogP contribution >= 0.6 is 15.9 Å². The fourth-order valence-electron chi connectivity index (χ4n) is 2.28. The molecule has 0 fully saturated rings. The van der Waals surface area contributed by atoms with Crippen LogP contribution in [-0.4, -0.2) is 12.6 Å². The van der Waals surface area contributed by atoms with Gasteiger partial charge in [0.2, 0.25) is 0 Å². The van der Waals surface area contributed by atoms with Gasteiger partial charge in [-0.25, -0.2) is 0 Å². The van der Waals surface area contributed by atoms with E-state index in [1.807, 2.05) is 0 Å². The highest BCUT2D eigenvalue weighted by Crippen LogP contribution is 2.33. The van der Waals surface area contributed by atoms with Gasteiger partial charge in [-0.15, -0.1) is 0 Å². The van der Waals surface area contributed by atoms with E-state index in [9.17, 15) is 0 Å². The van der Waals surface area contributed by atoms with Gasteiger partial charge in [0, 0.05) is 17.1 Å². The summed E-state index contributed by atoms with van der Waals surface area (Å²) in [5.74, 6) is 0. The van der Waals surface area contributed by atoms with E-state index in [1.54, 1.807) is 0 Å². The molecule has 0 atom stereocenters. The molecule has 1 aromatic rings. The van der Waals surface area contributed by atoms with Crippen molar-refractivity contribution in [2.75, 3.05) is 6.54 Å². The lowest BCUT2D eigenvalue weighted by molar-refractivity contribution is 0.239. The van der Waals surface area contributed by atoms with Gasteiger partial charge < -0.3 is 5.32 Å². The van der Waals surface area contributed by atoms with Crippen molar-refractivity contribution in [3.05, 3.63) is 34.3 Å². The second-order valence-corrected chi connectivity index (χ2v) is 6.37. The summed E-state index contributed by atoms with van der Waals surface area (Å²) in [5, 5.41) is 3.61. The molecule has 0 unspecified atom stereocenters. The Balaban J connectivity index is 2.82. The first kappa shape index (κ1) is 15.7. The predicted molar refractivity (Wildman–Crippen MR) is 84.0 cm³/mol. The van der Waals surface area contributed by atoms with Crippen LogP contribution in [0.4, 0.5) is 0 Å². The Labute approximate surface area is 120 Å². The number of hydrogen-bond donors (Lipinski definition) is 1. The third-order valence-electron chi connectivity index (χ3n) is 3.91. The second-order valence-electron chi connectivity index (χ2n) is 5.51. The first-order valence-electron chi connectivity index (χ1n) is 7.00. The summed E-state index contributed by atoms with van der Waals surface area (Å²) in [4.78, 5) is 0. The molecule has 1 rings (SSSR count). The van der Waals surface area contributed by atoms with Gasteiger partial charge in [0.05, 0.1) is 0 Å². The van der Waals surface area contributed by atoms with Gasteiger partial charge in [0.15, 0.2) is 0 Å². The minimum absolute atomic E-state index is 0.369. The van der Waals surface area contributed by atoms with Crippen LogP contribution in [0.3, 0.4) is 0 Å². The van der Waals surface area contributed by atoms with Gasteiger partial charge in [-0.3, -0.25) is 0 Å². The molecule has 0 radical (unpaired) electrons. The fourth-order valence-corrected chi connectivity index (χ4v) is 2.70. The van der Waals surface area contributed by atoms with Gasteiger partial charge in [0.25, 0.3) is 0 Å². The number of halogens is 1.